The predicted molar refractivity (Wildman–Crippen MR) is 177 cm³/mol. The molecule has 1 aliphatic heterocycles. The Morgan fingerprint density at radius 3 is 1.90 bits per heavy atom. The first kappa shape index (κ1) is 23.4. The molecule has 0 saturated heterocycles. The lowest BCUT2D eigenvalue weighted by atomic mass is 9.84. The largest absolute Gasteiger partial charge is 0.113 e. The normalized spacial score (nSPS) is 13.6. The van der Waals surface area contributed by atoms with Crippen molar-refractivity contribution in [1.29, 1.82) is 0 Å². The maximum absolute atomic E-state index is 2.53. The van der Waals surface area contributed by atoms with Crippen LogP contribution < -0.4 is 10.4 Å². The molecule has 0 bridgehead atoms. The first-order valence-corrected chi connectivity index (χ1v) is 17.2. The predicted octanol–water partition coefficient (Wildman–Crippen LogP) is 9.59. The van der Waals surface area contributed by atoms with Gasteiger partial charge in [-0.25, -0.2) is 0 Å². The lowest BCUT2D eigenvalue weighted by Crippen LogP contribution is -2.49. The molecule has 0 fully saturated rings. The summed E-state index contributed by atoms with van der Waals surface area (Å²) in [6.07, 6.45) is 0. The maximum atomic E-state index is 2.53. The first-order chi connectivity index (χ1) is 19.5. The third-order valence-electron chi connectivity index (χ3n) is 9.11. The summed E-state index contributed by atoms with van der Waals surface area (Å²) in [5.41, 5.74) is 9.44. The summed E-state index contributed by atoms with van der Waals surface area (Å²) in [7, 11) is -1.79. The van der Waals surface area contributed by atoms with Gasteiger partial charge in [0, 0.05) is 0 Å². The van der Waals surface area contributed by atoms with Crippen LogP contribution in [0.1, 0.15) is 5.56 Å². The number of fused-ring (bicyclic) bond motifs is 6. The molecule has 0 radical (unpaired) electrons. The number of benzene rings is 7. The van der Waals surface area contributed by atoms with Crippen molar-refractivity contribution in [3.05, 3.63) is 133 Å². The molecule has 0 atom stereocenters. The highest BCUT2D eigenvalue weighted by molar-refractivity contribution is 7.03. The topological polar surface area (TPSA) is 0 Å². The summed E-state index contributed by atoms with van der Waals surface area (Å²) in [5, 5.41) is 11.0. The molecule has 0 unspecified atom stereocenters. The number of hydrogen-bond acceptors (Lipinski definition) is 0. The molecule has 0 amide bonds. The molecular weight excluding hydrogens is 497 g/mol. The molecule has 0 aromatic heterocycles. The van der Waals surface area contributed by atoms with Crippen molar-refractivity contribution in [1.82, 2.24) is 0 Å². The lowest BCUT2D eigenvalue weighted by Gasteiger charge is -2.22. The third kappa shape index (κ3) is 3.25. The first-order valence-electron chi connectivity index (χ1n) is 14.2. The van der Waals surface area contributed by atoms with Gasteiger partial charge >= 0.3 is 0 Å². The van der Waals surface area contributed by atoms with Gasteiger partial charge in [-0.15, -0.1) is 0 Å². The Morgan fingerprint density at radius 2 is 1.05 bits per heavy atom. The maximum Gasteiger partial charge on any atom is 0.113 e. The monoisotopic (exact) mass is 526 g/mol. The van der Waals surface area contributed by atoms with Crippen LogP contribution in [0.15, 0.2) is 127 Å². The Hall–Kier alpha value is -4.46. The van der Waals surface area contributed by atoms with Gasteiger partial charge in [0.25, 0.3) is 0 Å². The van der Waals surface area contributed by atoms with Gasteiger partial charge in [-0.05, 0) is 83.0 Å². The second-order valence-electron chi connectivity index (χ2n) is 11.8. The zero-order valence-electron chi connectivity index (χ0n) is 23.1. The highest BCUT2D eigenvalue weighted by atomic mass is 28.3. The van der Waals surface area contributed by atoms with E-state index in [4.69, 9.17) is 0 Å². The van der Waals surface area contributed by atoms with Gasteiger partial charge in [-0.2, -0.15) is 0 Å². The van der Waals surface area contributed by atoms with E-state index in [0.29, 0.717) is 0 Å². The average molecular weight is 527 g/mol. The smallest absolute Gasteiger partial charge is 0.0623 e. The number of aryl methyl sites for hydroxylation is 1. The molecule has 40 heavy (non-hydrogen) atoms. The van der Waals surface area contributed by atoms with E-state index in [2.05, 4.69) is 147 Å². The molecule has 8 rings (SSSR count). The van der Waals surface area contributed by atoms with Crippen LogP contribution in [-0.4, -0.2) is 8.07 Å². The Balaban J connectivity index is 1.49. The molecule has 1 heterocycles. The van der Waals surface area contributed by atoms with Gasteiger partial charge in [0.2, 0.25) is 0 Å². The summed E-state index contributed by atoms with van der Waals surface area (Å²) >= 11 is 0. The molecule has 7 aromatic carbocycles. The fourth-order valence-corrected chi connectivity index (χ4v) is 10.3. The third-order valence-corrected chi connectivity index (χ3v) is 12.7. The van der Waals surface area contributed by atoms with Crippen LogP contribution in [0.4, 0.5) is 0 Å². The van der Waals surface area contributed by atoms with Crippen LogP contribution >= 0.6 is 0 Å². The molecule has 0 N–H and O–H groups in total. The van der Waals surface area contributed by atoms with Crippen LogP contribution in [0.3, 0.4) is 0 Å². The van der Waals surface area contributed by atoms with Crippen molar-refractivity contribution in [2.45, 2.75) is 20.0 Å². The van der Waals surface area contributed by atoms with Crippen molar-refractivity contribution in [2.24, 2.45) is 0 Å². The molecule has 7 aromatic rings. The minimum Gasteiger partial charge on any atom is -0.0623 e. The average Bonchev–Trinajstić information content (AvgIpc) is 3.21. The molecule has 0 spiro atoms. The SMILES string of the molecule is Cc1ccc2c(-c3cccc4ccccc34)c3ccccc3c(-c3ccc4c(c3)[Si](C)(C)c3ccccc3-4)c2c1. The zero-order chi connectivity index (χ0) is 27.0. The van der Waals surface area contributed by atoms with Crippen LogP contribution in [-0.2, 0) is 0 Å². The summed E-state index contributed by atoms with van der Waals surface area (Å²) < 4.78 is 0. The molecule has 1 heteroatoms. The molecule has 0 saturated carbocycles. The Labute approximate surface area is 236 Å². The summed E-state index contributed by atoms with van der Waals surface area (Å²) in [6, 6.07) is 47.9. The van der Waals surface area contributed by atoms with E-state index in [1.807, 2.05) is 0 Å². The van der Waals surface area contributed by atoms with Crippen LogP contribution in [0.25, 0.3) is 65.7 Å². The van der Waals surface area contributed by atoms with Crippen molar-refractivity contribution in [3.63, 3.8) is 0 Å². The summed E-state index contributed by atoms with van der Waals surface area (Å²) in [6.45, 7) is 7.22. The van der Waals surface area contributed by atoms with Crippen LogP contribution in [0, 0.1) is 6.92 Å². The van der Waals surface area contributed by atoms with Crippen LogP contribution in [0.5, 0.6) is 0 Å². The molecule has 190 valence electrons. The molecule has 0 nitrogen and oxygen atoms in total. The molecular formula is C39H30Si. The zero-order valence-corrected chi connectivity index (χ0v) is 24.1. The van der Waals surface area contributed by atoms with Gasteiger partial charge in [-0.1, -0.05) is 146 Å². The van der Waals surface area contributed by atoms with E-state index in [9.17, 15) is 0 Å². The minimum absolute atomic E-state index is 1.28. The highest BCUT2D eigenvalue weighted by Crippen LogP contribution is 2.46. The fourth-order valence-electron chi connectivity index (χ4n) is 7.20. The Kier molecular flexibility index (Phi) is 4.99. The number of rotatable bonds is 2. The van der Waals surface area contributed by atoms with Gasteiger partial charge in [-0.3, -0.25) is 0 Å². The molecule has 0 aliphatic carbocycles. The Bertz CT molecular complexity index is 2140. The highest BCUT2D eigenvalue weighted by Gasteiger charge is 2.37. The second kappa shape index (κ2) is 8.52. The second-order valence-corrected chi connectivity index (χ2v) is 16.1. The van der Waals surface area contributed by atoms with E-state index in [-0.39, 0.29) is 0 Å². The fraction of sp³-hybridized carbons (Fsp3) is 0.0769. The van der Waals surface area contributed by atoms with Crippen molar-refractivity contribution in [3.8, 4) is 33.4 Å². The lowest BCUT2D eigenvalue weighted by molar-refractivity contribution is 1.51. The van der Waals surface area contributed by atoms with E-state index in [1.165, 1.54) is 71.3 Å². The number of hydrogen-bond donors (Lipinski definition) is 0. The van der Waals surface area contributed by atoms with Crippen molar-refractivity contribution >= 4 is 50.8 Å². The van der Waals surface area contributed by atoms with E-state index >= 15 is 0 Å². The van der Waals surface area contributed by atoms with E-state index in [1.54, 1.807) is 10.4 Å². The van der Waals surface area contributed by atoms with Crippen molar-refractivity contribution < 1.29 is 0 Å². The standard InChI is InChI=1S/C39H30Si/c1-25-19-21-34-35(23-25)38(27-20-22-30-29-14-8-9-18-36(29)40(2,3)37(30)24-27)32-15-6-7-16-33(32)39(34)31-17-10-12-26-11-4-5-13-28(26)31/h4-24H,1-3H3. The van der Waals surface area contributed by atoms with Crippen molar-refractivity contribution in [2.75, 3.05) is 0 Å². The van der Waals surface area contributed by atoms with E-state index < -0.39 is 8.07 Å². The van der Waals surface area contributed by atoms with Crippen LogP contribution in [0.2, 0.25) is 13.1 Å². The summed E-state index contributed by atoms with van der Waals surface area (Å²) in [5.74, 6) is 0. The van der Waals surface area contributed by atoms with Gasteiger partial charge in [0.1, 0.15) is 8.07 Å². The quantitative estimate of drug-likeness (QED) is 0.155. The Morgan fingerprint density at radius 1 is 0.425 bits per heavy atom. The van der Waals surface area contributed by atoms with Gasteiger partial charge in [0.05, 0.1) is 0 Å². The summed E-state index contributed by atoms with van der Waals surface area (Å²) in [4.78, 5) is 0. The van der Waals surface area contributed by atoms with Gasteiger partial charge in [0.15, 0.2) is 0 Å². The minimum atomic E-state index is -1.79. The van der Waals surface area contributed by atoms with Gasteiger partial charge < -0.3 is 0 Å². The molecule has 1 aliphatic rings. The van der Waals surface area contributed by atoms with E-state index in [0.717, 1.165) is 0 Å².